The number of hydrogen-bond donors (Lipinski definition) is 0. The highest BCUT2D eigenvalue weighted by Gasteiger charge is 2.05. The minimum absolute atomic E-state index is 0.492. The van der Waals surface area contributed by atoms with E-state index >= 15 is 0 Å². The fraction of sp³-hybridized carbons (Fsp3) is 0.125. The van der Waals surface area contributed by atoms with Crippen LogP contribution in [0, 0.1) is 6.92 Å². The Hall–Kier alpha value is -1.23. The van der Waals surface area contributed by atoms with Gasteiger partial charge in [-0.1, -0.05) is 5.16 Å². The van der Waals surface area contributed by atoms with Crippen LogP contribution in [0.25, 0.3) is 11.5 Å². The van der Waals surface area contributed by atoms with Gasteiger partial charge in [0, 0.05) is 16.9 Å². The first-order valence-corrected chi connectivity index (χ1v) is 4.46. The zero-order chi connectivity index (χ0) is 9.26. The minimum Gasteiger partial charge on any atom is -0.334 e. The van der Waals surface area contributed by atoms with E-state index < -0.39 is 0 Å². The molecule has 0 bridgehead atoms. The summed E-state index contributed by atoms with van der Waals surface area (Å²) in [7, 11) is 0. The van der Waals surface area contributed by atoms with Crippen LogP contribution in [-0.4, -0.2) is 15.1 Å². The molecule has 0 fully saturated rings. The lowest BCUT2D eigenvalue weighted by Gasteiger charge is -1.92. The Labute approximate surface area is 83.1 Å². The van der Waals surface area contributed by atoms with Crippen molar-refractivity contribution in [2.75, 3.05) is 0 Å². The molecule has 66 valence electrons. The van der Waals surface area contributed by atoms with E-state index in [1.807, 2.05) is 6.07 Å². The highest BCUT2D eigenvalue weighted by molar-refractivity contribution is 9.10. The SMILES string of the molecule is Cc1noc(-c2cncc(Br)c2)n1. The van der Waals surface area contributed by atoms with E-state index in [2.05, 4.69) is 31.1 Å². The summed E-state index contributed by atoms with van der Waals surface area (Å²) >= 11 is 3.31. The Morgan fingerprint density at radius 2 is 2.23 bits per heavy atom. The molecule has 2 rings (SSSR count). The van der Waals surface area contributed by atoms with Gasteiger partial charge in [0.15, 0.2) is 5.82 Å². The zero-order valence-electron chi connectivity index (χ0n) is 6.86. The molecule has 0 N–H and O–H groups in total. The number of halogens is 1. The van der Waals surface area contributed by atoms with Crippen molar-refractivity contribution in [1.82, 2.24) is 15.1 Å². The molecule has 4 nitrogen and oxygen atoms in total. The maximum Gasteiger partial charge on any atom is 0.259 e. The average molecular weight is 240 g/mol. The van der Waals surface area contributed by atoms with Crippen LogP contribution >= 0.6 is 15.9 Å². The topological polar surface area (TPSA) is 51.8 Å². The van der Waals surface area contributed by atoms with Gasteiger partial charge in [-0.3, -0.25) is 4.98 Å². The first-order valence-electron chi connectivity index (χ1n) is 3.67. The highest BCUT2D eigenvalue weighted by Crippen LogP contribution is 2.19. The number of aromatic nitrogens is 3. The molecule has 0 unspecified atom stereocenters. The second-order valence-corrected chi connectivity index (χ2v) is 3.45. The molecule has 13 heavy (non-hydrogen) atoms. The molecule has 5 heteroatoms. The summed E-state index contributed by atoms with van der Waals surface area (Å²) in [6.45, 7) is 1.78. The third kappa shape index (κ3) is 1.75. The van der Waals surface area contributed by atoms with Crippen molar-refractivity contribution in [2.24, 2.45) is 0 Å². The number of pyridine rings is 1. The summed E-state index contributed by atoms with van der Waals surface area (Å²) in [4.78, 5) is 8.08. The molecule has 2 heterocycles. The molecular weight excluding hydrogens is 234 g/mol. The number of rotatable bonds is 1. The lowest BCUT2D eigenvalue weighted by Crippen LogP contribution is -1.80. The molecule has 0 spiro atoms. The monoisotopic (exact) mass is 239 g/mol. The fourth-order valence-corrected chi connectivity index (χ4v) is 1.31. The van der Waals surface area contributed by atoms with Gasteiger partial charge in [0.2, 0.25) is 0 Å². The molecule has 0 radical (unpaired) electrons. The van der Waals surface area contributed by atoms with E-state index in [0.29, 0.717) is 11.7 Å². The third-order valence-corrected chi connectivity index (χ3v) is 1.91. The standard InChI is InChI=1S/C8H6BrN3O/c1-5-11-8(13-12-5)6-2-7(9)4-10-3-6/h2-4H,1H3. The summed E-state index contributed by atoms with van der Waals surface area (Å²) < 4.78 is 5.87. The van der Waals surface area contributed by atoms with Gasteiger partial charge in [-0.15, -0.1) is 0 Å². The summed E-state index contributed by atoms with van der Waals surface area (Å²) in [6.07, 6.45) is 3.38. The maximum atomic E-state index is 4.98. The number of aryl methyl sites for hydroxylation is 1. The smallest absolute Gasteiger partial charge is 0.259 e. The van der Waals surface area contributed by atoms with E-state index in [0.717, 1.165) is 10.0 Å². The van der Waals surface area contributed by atoms with Gasteiger partial charge < -0.3 is 4.52 Å². The van der Waals surface area contributed by atoms with Gasteiger partial charge in [-0.05, 0) is 28.9 Å². The van der Waals surface area contributed by atoms with Gasteiger partial charge in [-0.25, -0.2) is 0 Å². The van der Waals surface area contributed by atoms with E-state index in [1.165, 1.54) is 0 Å². The van der Waals surface area contributed by atoms with Crippen molar-refractivity contribution in [3.63, 3.8) is 0 Å². The number of nitrogens with zero attached hydrogens (tertiary/aromatic N) is 3. The van der Waals surface area contributed by atoms with E-state index in [4.69, 9.17) is 4.52 Å². The molecule has 2 aromatic rings. The van der Waals surface area contributed by atoms with Gasteiger partial charge in [0.1, 0.15) is 0 Å². The van der Waals surface area contributed by atoms with Crippen LogP contribution in [0.5, 0.6) is 0 Å². The largest absolute Gasteiger partial charge is 0.334 e. The van der Waals surface area contributed by atoms with E-state index in [-0.39, 0.29) is 0 Å². The summed E-state index contributed by atoms with van der Waals surface area (Å²) in [5.74, 6) is 1.11. The average Bonchev–Trinajstić information content (AvgIpc) is 2.52. The molecule has 0 aromatic carbocycles. The van der Waals surface area contributed by atoms with Gasteiger partial charge >= 0.3 is 0 Å². The lowest BCUT2D eigenvalue weighted by atomic mass is 10.3. The van der Waals surface area contributed by atoms with Crippen LogP contribution in [0.4, 0.5) is 0 Å². The Morgan fingerprint density at radius 1 is 1.38 bits per heavy atom. The summed E-state index contributed by atoms with van der Waals surface area (Å²) in [5, 5.41) is 3.69. The van der Waals surface area contributed by atoms with E-state index in [9.17, 15) is 0 Å². The predicted octanol–water partition coefficient (Wildman–Crippen LogP) is 2.20. The Bertz CT molecular complexity index is 427. The van der Waals surface area contributed by atoms with Gasteiger partial charge in [-0.2, -0.15) is 4.98 Å². The predicted molar refractivity (Wildman–Crippen MR) is 50.0 cm³/mol. The first kappa shape index (κ1) is 8.37. The maximum absolute atomic E-state index is 4.98. The molecule has 0 amide bonds. The molecule has 0 saturated carbocycles. The minimum atomic E-state index is 0.492. The van der Waals surface area contributed by atoms with Crippen molar-refractivity contribution >= 4 is 15.9 Å². The normalized spacial score (nSPS) is 10.3. The van der Waals surface area contributed by atoms with Crippen LogP contribution in [0.1, 0.15) is 5.82 Å². The molecule has 0 aliphatic heterocycles. The summed E-state index contributed by atoms with van der Waals surface area (Å²) in [5.41, 5.74) is 0.815. The van der Waals surface area contributed by atoms with Crippen molar-refractivity contribution in [2.45, 2.75) is 6.92 Å². The quantitative estimate of drug-likeness (QED) is 0.766. The van der Waals surface area contributed by atoms with Crippen LogP contribution in [0.3, 0.4) is 0 Å². The third-order valence-electron chi connectivity index (χ3n) is 1.48. The van der Waals surface area contributed by atoms with Crippen LogP contribution in [0.2, 0.25) is 0 Å². The zero-order valence-corrected chi connectivity index (χ0v) is 8.45. The van der Waals surface area contributed by atoms with Gasteiger partial charge in [0.05, 0.1) is 5.56 Å². The molecule has 0 saturated heterocycles. The van der Waals surface area contributed by atoms with Crippen molar-refractivity contribution in [1.29, 1.82) is 0 Å². The van der Waals surface area contributed by atoms with E-state index in [1.54, 1.807) is 19.3 Å². The summed E-state index contributed by atoms with van der Waals surface area (Å²) in [6, 6.07) is 1.87. The second kappa shape index (κ2) is 3.26. The van der Waals surface area contributed by atoms with Crippen molar-refractivity contribution in [3.8, 4) is 11.5 Å². The number of hydrogen-bond acceptors (Lipinski definition) is 4. The lowest BCUT2D eigenvalue weighted by molar-refractivity contribution is 0.425. The fourth-order valence-electron chi connectivity index (χ4n) is 0.943. The molecule has 0 aliphatic rings. The second-order valence-electron chi connectivity index (χ2n) is 2.54. The van der Waals surface area contributed by atoms with Crippen LogP contribution in [0.15, 0.2) is 27.5 Å². The first-order chi connectivity index (χ1) is 6.25. The Morgan fingerprint density at radius 3 is 2.85 bits per heavy atom. The molecule has 0 aliphatic carbocycles. The van der Waals surface area contributed by atoms with Crippen molar-refractivity contribution in [3.05, 3.63) is 28.8 Å². The van der Waals surface area contributed by atoms with Crippen LogP contribution < -0.4 is 0 Å². The Balaban J connectivity index is 2.46. The molecule has 2 aromatic heterocycles. The molecular formula is C8H6BrN3O. The highest BCUT2D eigenvalue weighted by atomic mass is 79.9. The molecule has 0 atom stereocenters. The van der Waals surface area contributed by atoms with Crippen molar-refractivity contribution < 1.29 is 4.52 Å². The van der Waals surface area contributed by atoms with Gasteiger partial charge in [0.25, 0.3) is 5.89 Å². The van der Waals surface area contributed by atoms with Crippen LogP contribution in [-0.2, 0) is 0 Å². The Kier molecular flexibility index (Phi) is 2.10.